The molecular weight excluding hydrogens is 604 g/mol. The fourth-order valence-electron chi connectivity index (χ4n) is 10.2. The number of ether oxygens (including phenoxy) is 2. The monoisotopic (exact) mass is 660 g/mol. The number of aliphatic hydroxyl groups excluding tert-OH is 5. The molecule has 5 rings (SSSR count). The van der Waals surface area contributed by atoms with E-state index in [9.17, 15) is 34.0 Å². The van der Waals surface area contributed by atoms with Crippen molar-refractivity contribution in [2.45, 2.75) is 141 Å². The van der Waals surface area contributed by atoms with Crippen molar-refractivity contribution in [3.8, 4) is 0 Å². The zero-order valence-corrected chi connectivity index (χ0v) is 28.2. The van der Waals surface area contributed by atoms with Gasteiger partial charge in [0.2, 0.25) is 0 Å². The van der Waals surface area contributed by atoms with E-state index in [0.717, 1.165) is 44.9 Å². The average molecular weight is 661 g/mol. The Kier molecular flexibility index (Phi) is 10.6. The fraction of sp³-hybridized carbons (Fsp3) is 0.939. The lowest BCUT2D eigenvalue weighted by molar-refractivity contribution is -0.314. The lowest BCUT2D eigenvalue weighted by Crippen LogP contribution is -2.60. The van der Waals surface area contributed by atoms with Gasteiger partial charge < -0.3 is 35.0 Å². The van der Waals surface area contributed by atoms with Gasteiger partial charge in [-0.25, -0.2) is 4.18 Å². The summed E-state index contributed by atoms with van der Waals surface area (Å²) in [6, 6.07) is 0. The lowest BCUT2D eigenvalue weighted by atomic mass is 9.47. The summed E-state index contributed by atoms with van der Waals surface area (Å²) in [5.74, 6) is 1.95. The molecule has 45 heavy (non-hydrogen) atoms. The SMILES string of the molecule is CC(C)C(CCC(C)C1CCC2C3CC(O)C4CC(O)CCC4(C)C3=CCC12C)OC1OC(COS(=O)(=O)O)C(O)C(O)C1O. The summed E-state index contributed by atoms with van der Waals surface area (Å²) in [6.45, 7) is 10.3. The second-order valence-electron chi connectivity index (χ2n) is 15.7. The Balaban J connectivity index is 1.24. The maximum absolute atomic E-state index is 11.3. The number of fused-ring (bicyclic) bond motifs is 5. The molecule has 4 aliphatic carbocycles. The first-order valence-corrected chi connectivity index (χ1v) is 18.4. The van der Waals surface area contributed by atoms with E-state index in [4.69, 9.17) is 14.0 Å². The minimum Gasteiger partial charge on any atom is -0.393 e. The van der Waals surface area contributed by atoms with Crippen LogP contribution in [-0.2, 0) is 24.1 Å². The molecule has 0 aromatic heterocycles. The topological polar surface area (TPSA) is 183 Å². The van der Waals surface area contributed by atoms with Crippen LogP contribution in [0.2, 0.25) is 0 Å². The first kappa shape index (κ1) is 35.6. The number of aliphatic hydroxyl groups is 5. The van der Waals surface area contributed by atoms with Gasteiger partial charge in [-0.1, -0.05) is 46.3 Å². The van der Waals surface area contributed by atoms with E-state index in [-0.39, 0.29) is 41.0 Å². The Morgan fingerprint density at radius 3 is 2.33 bits per heavy atom. The number of allylic oxidation sites excluding steroid dienone is 2. The van der Waals surface area contributed by atoms with Crippen LogP contribution in [0.25, 0.3) is 0 Å². The second-order valence-corrected chi connectivity index (χ2v) is 16.8. The highest BCUT2D eigenvalue weighted by molar-refractivity contribution is 7.80. The second kappa shape index (κ2) is 13.3. The van der Waals surface area contributed by atoms with Crippen LogP contribution in [0.4, 0.5) is 0 Å². The Bertz CT molecular complexity index is 1180. The van der Waals surface area contributed by atoms with Crippen molar-refractivity contribution in [1.82, 2.24) is 0 Å². The van der Waals surface area contributed by atoms with Gasteiger partial charge in [-0.15, -0.1) is 0 Å². The molecule has 4 fully saturated rings. The van der Waals surface area contributed by atoms with E-state index in [1.165, 1.54) is 5.57 Å². The van der Waals surface area contributed by atoms with Crippen molar-refractivity contribution < 1.29 is 52.2 Å². The quantitative estimate of drug-likeness (QED) is 0.150. The molecule has 1 heterocycles. The summed E-state index contributed by atoms with van der Waals surface area (Å²) in [5, 5.41) is 53.0. The molecule has 0 aromatic carbocycles. The number of rotatable bonds is 10. The van der Waals surface area contributed by atoms with Crippen LogP contribution >= 0.6 is 0 Å². The van der Waals surface area contributed by atoms with Gasteiger partial charge in [0.1, 0.15) is 24.4 Å². The zero-order chi connectivity index (χ0) is 33.1. The van der Waals surface area contributed by atoms with Gasteiger partial charge in [-0.2, -0.15) is 8.42 Å². The van der Waals surface area contributed by atoms with Gasteiger partial charge in [-0.05, 0) is 104 Å². The molecule has 0 aromatic rings. The van der Waals surface area contributed by atoms with Gasteiger partial charge >= 0.3 is 10.4 Å². The predicted octanol–water partition coefficient (Wildman–Crippen LogP) is 2.98. The average Bonchev–Trinajstić information content (AvgIpc) is 3.32. The highest BCUT2D eigenvalue weighted by atomic mass is 32.3. The van der Waals surface area contributed by atoms with Gasteiger partial charge in [0.05, 0.1) is 24.9 Å². The Morgan fingerprint density at radius 1 is 0.956 bits per heavy atom. The molecule has 0 spiro atoms. The van der Waals surface area contributed by atoms with E-state index < -0.39 is 47.7 Å². The van der Waals surface area contributed by atoms with Gasteiger partial charge in [0.15, 0.2) is 6.29 Å². The maximum Gasteiger partial charge on any atom is 0.397 e. The fourth-order valence-corrected chi connectivity index (χ4v) is 10.5. The molecular formula is C33H56O11S. The summed E-state index contributed by atoms with van der Waals surface area (Å²) < 4.78 is 47.2. The Hall–Kier alpha value is -0.670. The van der Waals surface area contributed by atoms with Crippen molar-refractivity contribution in [3.05, 3.63) is 11.6 Å². The third kappa shape index (κ3) is 6.93. The molecule has 3 saturated carbocycles. The standard InChI is InChI=1S/C33H56O11S/c1-17(2)26(43-31-30(38)29(37)28(36)27(44-31)16-42-45(39,40)41)9-6-18(3)21-7-8-22-20-15-25(35)24-14-19(34)10-12-33(24,5)23(20)11-13-32(21,22)4/h11,17-22,24-31,34-38H,6-10,12-16H2,1-5H3,(H,39,40,41). The number of hydrogen-bond donors (Lipinski definition) is 6. The lowest BCUT2D eigenvalue weighted by Gasteiger charge is -2.58. The minimum atomic E-state index is -4.79. The molecule has 11 nitrogen and oxygen atoms in total. The third-order valence-electron chi connectivity index (χ3n) is 12.8. The van der Waals surface area contributed by atoms with E-state index in [2.05, 4.69) is 31.0 Å². The normalized spacial score (nSPS) is 46.6. The minimum absolute atomic E-state index is 0.0404. The highest BCUT2D eigenvalue weighted by Crippen LogP contribution is 2.66. The molecule has 1 aliphatic heterocycles. The first-order chi connectivity index (χ1) is 21.0. The largest absolute Gasteiger partial charge is 0.397 e. The van der Waals surface area contributed by atoms with Crippen molar-refractivity contribution >= 4 is 10.4 Å². The van der Waals surface area contributed by atoms with Gasteiger partial charge in [-0.3, -0.25) is 4.55 Å². The van der Waals surface area contributed by atoms with E-state index >= 15 is 0 Å². The molecule has 12 heteroatoms. The summed E-state index contributed by atoms with van der Waals surface area (Å²) in [5.41, 5.74) is 1.62. The molecule has 15 unspecified atom stereocenters. The van der Waals surface area contributed by atoms with E-state index in [1.807, 2.05) is 13.8 Å². The first-order valence-electron chi connectivity index (χ1n) is 17.0. The van der Waals surface area contributed by atoms with Crippen LogP contribution in [0.5, 0.6) is 0 Å². The van der Waals surface area contributed by atoms with Gasteiger partial charge in [0, 0.05) is 0 Å². The van der Waals surface area contributed by atoms with Crippen LogP contribution in [-0.4, -0.2) is 94.1 Å². The summed E-state index contributed by atoms with van der Waals surface area (Å²) in [4.78, 5) is 0. The maximum atomic E-state index is 11.3. The molecule has 5 aliphatic rings. The molecule has 260 valence electrons. The third-order valence-corrected chi connectivity index (χ3v) is 13.2. The predicted molar refractivity (Wildman–Crippen MR) is 165 cm³/mol. The van der Waals surface area contributed by atoms with Gasteiger partial charge in [0.25, 0.3) is 0 Å². The van der Waals surface area contributed by atoms with Crippen molar-refractivity contribution in [2.75, 3.05) is 6.61 Å². The summed E-state index contributed by atoms with van der Waals surface area (Å²) in [7, 11) is -4.79. The van der Waals surface area contributed by atoms with Crippen molar-refractivity contribution in [2.24, 2.45) is 46.3 Å². The van der Waals surface area contributed by atoms with E-state index in [0.29, 0.717) is 36.5 Å². The van der Waals surface area contributed by atoms with E-state index in [1.54, 1.807) is 0 Å². The Morgan fingerprint density at radius 2 is 1.67 bits per heavy atom. The molecule has 0 bridgehead atoms. The molecule has 0 amide bonds. The molecule has 15 atom stereocenters. The van der Waals surface area contributed by atoms with Crippen LogP contribution in [0.15, 0.2) is 11.6 Å². The van der Waals surface area contributed by atoms with Crippen LogP contribution in [0.3, 0.4) is 0 Å². The van der Waals surface area contributed by atoms with Crippen molar-refractivity contribution in [1.29, 1.82) is 0 Å². The smallest absolute Gasteiger partial charge is 0.393 e. The molecule has 6 N–H and O–H groups in total. The molecule has 0 radical (unpaired) electrons. The highest BCUT2D eigenvalue weighted by Gasteiger charge is 2.59. The van der Waals surface area contributed by atoms with Crippen LogP contribution in [0.1, 0.15) is 92.4 Å². The van der Waals surface area contributed by atoms with Crippen LogP contribution < -0.4 is 0 Å². The zero-order valence-electron chi connectivity index (χ0n) is 27.4. The summed E-state index contributed by atoms with van der Waals surface area (Å²) in [6.07, 6.45) is 2.02. The van der Waals surface area contributed by atoms with Crippen LogP contribution in [0, 0.1) is 46.3 Å². The number of hydrogen-bond acceptors (Lipinski definition) is 10. The summed E-state index contributed by atoms with van der Waals surface area (Å²) >= 11 is 0. The van der Waals surface area contributed by atoms with Crippen molar-refractivity contribution in [3.63, 3.8) is 0 Å². The Labute approximate surface area is 268 Å². The molecule has 1 saturated heterocycles.